The van der Waals surface area contributed by atoms with E-state index in [4.69, 9.17) is 4.74 Å². The van der Waals surface area contributed by atoms with E-state index in [-0.39, 0.29) is 24.7 Å². The van der Waals surface area contributed by atoms with Crippen LogP contribution in [-0.4, -0.2) is 55.5 Å². The Kier molecular flexibility index (Phi) is 6.89. The molecule has 1 amide bonds. The fourth-order valence-electron chi connectivity index (χ4n) is 3.14. The second-order valence-electron chi connectivity index (χ2n) is 7.77. The molecule has 0 saturated carbocycles. The van der Waals surface area contributed by atoms with Crippen molar-refractivity contribution < 1.29 is 26.7 Å². The molecule has 2 N–H and O–H groups in total. The number of hydrogen-bond donors (Lipinski definition) is 2. The molecule has 0 radical (unpaired) electrons. The monoisotopic (exact) mass is 466 g/mol. The van der Waals surface area contributed by atoms with Crippen LogP contribution in [0.25, 0.3) is 0 Å². The van der Waals surface area contributed by atoms with Gasteiger partial charge in [0.15, 0.2) is 15.5 Å². The summed E-state index contributed by atoms with van der Waals surface area (Å²) < 4.78 is 56.7. The summed E-state index contributed by atoms with van der Waals surface area (Å²) in [6.45, 7) is 2.89. The van der Waals surface area contributed by atoms with Crippen molar-refractivity contribution in [1.29, 1.82) is 0 Å². The lowest BCUT2D eigenvalue weighted by atomic mass is 9.86. The lowest BCUT2D eigenvalue weighted by Crippen LogP contribution is -2.53. The number of benzene rings is 1. The van der Waals surface area contributed by atoms with Gasteiger partial charge < -0.3 is 15.4 Å². The molecule has 8 nitrogen and oxygen atoms in total. The summed E-state index contributed by atoms with van der Waals surface area (Å²) in [5, 5.41) is 6.53. The highest BCUT2D eigenvalue weighted by Crippen LogP contribution is 2.39. The minimum Gasteiger partial charge on any atom is -0.374 e. The number of amides is 1. The second-order valence-corrected chi connectivity index (χ2v) is 9.70. The van der Waals surface area contributed by atoms with Crippen LogP contribution in [0.3, 0.4) is 0 Å². The molecule has 0 bridgehead atoms. The van der Waals surface area contributed by atoms with Gasteiger partial charge in [-0.15, -0.1) is 0 Å². The number of halogens is 2. The topological polar surface area (TPSA) is 110 Å². The number of aromatic nitrogens is 2. The van der Waals surface area contributed by atoms with Crippen molar-refractivity contribution in [3.63, 3.8) is 0 Å². The molecule has 0 unspecified atom stereocenters. The minimum atomic E-state index is -3.31. The quantitative estimate of drug-likeness (QED) is 0.615. The summed E-state index contributed by atoms with van der Waals surface area (Å²) in [4.78, 5) is 20.5. The third-order valence-corrected chi connectivity index (χ3v) is 5.62. The molecule has 2 heterocycles. The highest BCUT2D eigenvalue weighted by Gasteiger charge is 2.48. The predicted octanol–water partition coefficient (Wildman–Crippen LogP) is 2.49. The maximum Gasteiger partial charge on any atom is 0.271 e. The first-order valence-corrected chi connectivity index (χ1v) is 11.7. The van der Waals surface area contributed by atoms with Gasteiger partial charge in [-0.25, -0.2) is 27.2 Å². The predicted molar refractivity (Wildman–Crippen MR) is 115 cm³/mol. The van der Waals surface area contributed by atoms with Crippen LogP contribution in [0, 0.1) is 12.7 Å². The molecule has 2 aromatic rings. The van der Waals surface area contributed by atoms with E-state index in [1.54, 1.807) is 19.9 Å². The number of nitrogens with zero attached hydrogens (tertiary/aromatic N) is 2. The van der Waals surface area contributed by atoms with Crippen LogP contribution >= 0.6 is 0 Å². The van der Waals surface area contributed by atoms with E-state index in [1.165, 1.54) is 30.6 Å². The van der Waals surface area contributed by atoms with Gasteiger partial charge in [-0.2, -0.15) is 0 Å². The van der Waals surface area contributed by atoms with Crippen LogP contribution in [0.1, 0.15) is 34.6 Å². The molecule has 3 rings (SSSR count). The van der Waals surface area contributed by atoms with Crippen molar-refractivity contribution in [2.45, 2.75) is 31.6 Å². The molecule has 1 aliphatic rings. The van der Waals surface area contributed by atoms with E-state index < -0.39 is 39.3 Å². The van der Waals surface area contributed by atoms with Crippen molar-refractivity contribution in [3.8, 4) is 0 Å². The third kappa shape index (κ3) is 5.65. The summed E-state index contributed by atoms with van der Waals surface area (Å²) >= 11 is 0. The van der Waals surface area contributed by atoms with E-state index in [0.29, 0.717) is 11.1 Å². The van der Waals surface area contributed by atoms with Gasteiger partial charge in [0.25, 0.3) is 5.91 Å². The van der Waals surface area contributed by atoms with Gasteiger partial charge >= 0.3 is 0 Å². The van der Waals surface area contributed by atoms with Crippen molar-refractivity contribution >= 4 is 21.6 Å². The molecule has 0 spiro atoms. The van der Waals surface area contributed by atoms with Crippen LogP contribution in [0.2, 0.25) is 0 Å². The molecule has 2 atom stereocenters. The largest absolute Gasteiger partial charge is 0.374 e. The molecule has 1 aliphatic heterocycles. The molecule has 11 heteroatoms. The maximum absolute atomic E-state index is 15.3. The maximum atomic E-state index is 15.3. The number of alkyl halides is 1. The summed E-state index contributed by atoms with van der Waals surface area (Å²) in [6, 6.07) is 2.96. The van der Waals surface area contributed by atoms with Gasteiger partial charge in [0.05, 0.1) is 31.6 Å². The van der Waals surface area contributed by atoms with Gasteiger partial charge in [0.2, 0.25) is 0 Å². The van der Waals surface area contributed by atoms with Crippen LogP contribution in [0.4, 0.5) is 14.6 Å². The Morgan fingerprint density at radius 3 is 2.56 bits per heavy atom. The van der Waals surface area contributed by atoms with Crippen LogP contribution in [0.15, 0.2) is 42.1 Å². The Bertz CT molecular complexity index is 1120. The highest BCUT2D eigenvalue weighted by molar-refractivity contribution is 7.93. The number of carbonyl (C=O) groups is 1. The average molecular weight is 467 g/mol. The Labute approximate surface area is 185 Å². The Hall–Kier alpha value is -2.92. The number of rotatable bonds is 8. The second kappa shape index (κ2) is 9.29. The van der Waals surface area contributed by atoms with Crippen molar-refractivity contribution in [3.05, 3.63) is 64.7 Å². The number of anilines is 1. The Balaban J connectivity index is 1.75. The first-order valence-electron chi connectivity index (χ1n) is 9.78. The average Bonchev–Trinajstić information content (AvgIpc) is 2.71. The first-order chi connectivity index (χ1) is 15.0. The number of ether oxygens (including phenoxy) is 1. The fraction of sp³-hybridized carbons (Fsp3) is 0.381. The zero-order valence-corrected chi connectivity index (χ0v) is 18.6. The Morgan fingerprint density at radius 1 is 1.28 bits per heavy atom. The van der Waals surface area contributed by atoms with Crippen molar-refractivity contribution in [2.75, 3.05) is 24.8 Å². The van der Waals surface area contributed by atoms with Crippen molar-refractivity contribution in [1.82, 2.24) is 15.3 Å². The van der Waals surface area contributed by atoms with Crippen LogP contribution < -0.4 is 10.6 Å². The molecule has 1 saturated heterocycles. The molecule has 1 aromatic heterocycles. The van der Waals surface area contributed by atoms with Gasteiger partial charge in [0, 0.05) is 17.7 Å². The van der Waals surface area contributed by atoms with Gasteiger partial charge in [-0.05, 0) is 31.0 Å². The van der Waals surface area contributed by atoms with Crippen LogP contribution in [0.5, 0.6) is 0 Å². The van der Waals surface area contributed by atoms with Gasteiger partial charge in [0.1, 0.15) is 17.3 Å². The lowest BCUT2D eigenvalue weighted by molar-refractivity contribution is -0.139. The standard InChI is InChI=1S/C21H24F2N4O4S/c1-13(7-8-32(3,29)30)26-20(28)17-9-25-18(10-24-17)27-19(21(23)11-31-12-21)15-5-4-6-16(22)14(15)2/h4-10,13,19H,11-12H2,1-3H3,(H,25,27)(H,26,28)/b8-7+/t13-,19-/m1/s1. The van der Waals surface area contributed by atoms with E-state index in [2.05, 4.69) is 20.6 Å². The molecule has 172 valence electrons. The molecular weight excluding hydrogens is 442 g/mol. The zero-order valence-electron chi connectivity index (χ0n) is 17.8. The van der Waals surface area contributed by atoms with E-state index in [0.717, 1.165) is 11.7 Å². The lowest BCUT2D eigenvalue weighted by Gasteiger charge is -2.41. The summed E-state index contributed by atoms with van der Waals surface area (Å²) in [5.74, 6) is -0.805. The SMILES string of the molecule is Cc1c(F)cccc1[C@@H](Nc1cnc(C(=O)N[C@H](C)/C=C/S(C)(=O)=O)cn1)C1(F)COC1. The molecule has 0 aliphatic carbocycles. The molecular formula is C21H24F2N4O4S. The smallest absolute Gasteiger partial charge is 0.271 e. The number of nitrogens with one attached hydrogen (secondary N) is 2. The molecule has 32 heavy (non-hydrogen) atoms. The zero-order chi connectivity index (χ0) is 23.5. The summed E-state index contributed by atoms with van der Waals surface area (Å²) in [5.41, 5.74) is -1.01. The van der Waals surface area contributed by atoms with E-state index in [9.17, 15) is 17.6 Å². The minimum absolute atomic E-state index is 0.00409. The summed E-state index contributed by atoms with van der Waals surface area (Å²) in [6.07, 6.45) is 4.87. The highest BCUT2D eigenvalue weighted by atomic mass is 32.2. The third-order valence-electron chi connectivity index (χ3n) is 4.97. The van der Waals surface area contributed by atoms with Gasteiger partial charge in [-0.3, -0.25) is 4.79 Å². The van der Waals surface area contributed by atoms with Crippen molar-refractivity contribution in [2.24, 2.45) is 0 Å². The number of carbonyl (C=O) groups excluding carboxylic acids is 1. The Morgan fingerprint density at radius 2 is 2.00 bits per heavy atom. The van der Waals surface area contributed by atoms with Gasteiger partial charge in [-0.1, -0.05) is 18.2 Å². The fourth-order valence-corrected chi connectivity index (χ4v) is 3.66. The summed E-state index contributed by atoms with van der Waals surface area (Å²) in [7, 11) is -3.31. The van der Waals surface area contributed by atoms with E-state index >= 15 is 4.39 Å². The van der Waals surface area contributed by atoms with Crippen LogP contribution in [-0.2, 0) is 14.6 Å². The molecule has 1 aromatic carbocycles. The van der Waals surface area contributed by atoms with E-state index in [1.807, 2.05) is 0 Å². The number of sulfone groups is 1. The molecule has 1 fully saturated rings. The number of hydrogen-bond acceptors (Lipinski definition) is 7. The normalized spacial score (nSPS) is 17.4. The first kappa shape index (κ1) is 23.7.